The molecule has 0 amide bonds. The van der Waals surface area contributed by atoms with Crippen LogP contribution in [0.1, 0.15) is 0 Å². The Morgan fingerprint density at radius 2 is 1.69 bits per heavy atom. The molecule has 4 nitrogen and oxygen atoms in total. The molecule has 0 spiro atoms. The van der Waals surface area contributed by atoms with Crippen molar-refractivity contribution in [3.63, 3.8) is 0 Å². The van der Waals surface area contributed by atoms with Gasteiger partial charge in [0.15, 0.2) is 0 Å². The van der Waals surface area contributed by atoms with E-state index in [1.54, 1.807) is 24.3 Å². The van der Waals surface area contributed by atoms with Crippen molar-refractivity contribution in [1.29, 1.82) is 0 Å². The molecule has 0 aliphatic rings. The van der Waals surface area contributed by atoms with Crippen LogP contribution in [0.2, 0.25) is 0 Å². The average Bonchev–Trinajstić information content (AvgIpc) is 2.22. The Labute approximate surface area is 101 Å². The van der Waals surface area contributed by atoms with E-state index < -0.39 is 10.1 Å². The molecule has 2 aromatic carbocycles. The van der Waals surface area contributed by atoms with Gasteiger partial charge in [-0.25, -0.2) is 0 Å². The Kier molecular flexibility index (Phi) is 2.70. The van der Waals surface area contributed by atoms with Crippen LogP contribution in [0.3, 0.4) is 0 Å². The summed E-state index contributed by atoms with van der Waals surface area (Å²) in [6.45, 7) is 0. The molecule has 0 heterocycles. The Hall–Kier alpha value is -1.03. The van der Waals surface area contributed by atoms with E-state index in [9.17, 15) is 13.5 Å². The minimum atomic E-state index is -4.32. The molecule has 16 heavy (non-hydrogen) atoms. The molecule has 0 aliphatic heterocycles. The van der Waals surface area contributed by atoms with Crippen molar-refractivity contribution in [3.05, 3.63) is 30.3 Å². The first-order valence-electron chi connectivity index (χ1n) is 4.39. The van der Waals surface area contributed by atoms with Crippen LogP contribution in [-0.2, 0) is 10.1 Å². The normalized spacial score (nSPS) is 11.9. The second-order valence-corrected chi connectivity index (χ2v) is 5.93. The van der Waals surface area contributed by atoms with E-state index in [1.165, 1.54) is 16.9 Å². The van der Waals surface area contributed by atoms with Gasteiger partial charge in [-0.1, -0.05) is 0 Å². The molecule has 0 bridgehead atoms. The minimum absolute atomic E-state index is 0.119. The monoisotopic (exact) mass is 300 g/mol. The Morgan fingerprint density at radius 3 is 2.25 bits per heavy atom. The summed E-state index contributed by atoms with van der Waals surface area (Å²) in [4.78, 5) is -0.262. The first-order valence-corrected chi connectivity index (χ1v) is 7.04. The van der Waals surface area contributed by atoms with Crippen molar-refractivity contribution in [2.75, 3.05) is 0 Å². The zero-order chi connectivity index (χ0) is 11.9. The van der Waals surface area contributed by atoms with E-state index in [4.69, 9.17) is 4.55 Å². The molecule has 2 N–H and O–H groups in total. The van der Waals surface area contributed by atoms with Crippen LogP contribution >= 0.6 is 0 Å². The summed E-state index contributed by atoms with van der Waals surface area (Å²) < 4.78 is 32.0. The van der Waals surface area contributed by atoms with Gasteiger partial charge in [0.2, 0.25) is 0 Å². The fraction of sp³-hybridized carbons (Fsp3) is 0. The number of benzene rings is 2. The first-order chi connectivity index (χ1) is 7.41. The summed E-state index contributed by atoms with van der Waals surface area (Å²) in [6.07, 6.45) is 0. The van der Waals surface area contributed by atoms with Crippen molar-refractivity contribution in [2.45, 2.75) is 4.90 Å². The summed E-state index contributed by atoms with van der Waals surface area (Å²) in [5, 5.41) is 10.7. The summed E-state index contributed by atoms with van der Waals surface area (Å²) in [7, 11) is -4.32. The summed E-state index contributed by atoms with van der Waals surface area (Å²) in [5.74, 6) is -0.119. The van der Waals surface area contributed by atoms with Crippen LogP contribution in [0.25, 0.3) is 10.8 Å². The topological polar surface area (TPSA) is 74.6 Å². The quantitative estimate of drug-likeness (QED) is 0.576. The van der Waals surface area contributed by atoms with Gasteiger partial charge in [-0.3, -0.25) is 0 Å². The number of hydrogen-bond acceptors (Lipinski definition) is 3. The van der Waals surface area contributed by atoms with E-state index in [0.717, 1.165) is 6.07 Å². The third kappa shape index (κ3) is 1.82. The van der Waals surface area contributed by atoms with E-state index in [2.05, 4.69) is 0 Å². The Morgan fingerprint density at radius 1 is 1.12 bits per heavy atom. The standard InChI is InChI=1S/C10H9AsO4S/c11-10-7-4-2-1-3-6(7)9(5-8(10)12)16(13,14)15/h1-5,12H,11H2,(H,13,14,15). The Bertz CT molecular complexity index is 664. The summed E-state index contributed by atoms with van der Waals surface area (Å²) >= 11 is 1.20. The molecule has 6 heteroatoms. The van der Waals surface area contributed by atoms with Crippen molar-refractivity contribution in [1.82, 2.24) is 0 Å². The molecule has 2 aromatic rings. The van der Waals surface area contributed by atoms with Crippen LogP contribution in [0.4, 0.5) is 0 Å². The first kappa shape index (κ1) is 11.5. The van der Waals surface area contributed by atoms with Crippen LogP contribution in [0.15, 0.2) is 35.2 Å². The summed E-state index contributed by atoms with van der Waals surface area (Å²) in [6, 6.07) is 7.82. The second kappa shape index (κ2) is 3.77. The van der Waals surface area contributed by atoms with Crippen LogP contribution in [0.5, 0.6) is 5.75 Å². The van der Waals surface area contributed by atoms with Gasteiger partial charge in [-0.05, 0) is 0 Å². The third-order valence-corrected chi connectivity index (χ3v) is 4.47. The van der Waals surface area contributed by atoms with Gasteiger partial charge in [0.1, 0.15) is 0 Å². The number of rotatable bonds is 1. The van der Waals surface area contributed by atoms with Crippen LogP contribution < -0.4 is 4.35 Å². The summed E-state index contributed by atoms with van der Waals surface area (Å²) in [5.41, 5.74) is 0. The van der Waals surface area contributed by atoms with E-state index in [1.807, 2.05) is 0 Å². The van der Waals surface area contributed by atoms with Crippen molar-refractivity contribution in [2.24, 2.45) is 0 Å². The number of phenols is 1. The van der Waals surface area contributed by atoms with Gasteiger partial charge < -0.3 is 0 Å². The Balaban J connectivity index is 3.02. The van der Waals surface area contributed by atoms with Gasteiger partial charge in [-0.15, -0.1) is 0 Å². The zero-order valence-electron chi connectivity index (χ0n) is 8.08. The van der Waals surface area contributed by atoms with Gasteiger partial charge in [0.05, 0.1) is 0 Å². The fourth-order valence-electron chi connectivity index (χ4n) is 1.56. The third-order valence-electron chi connectivity index (χ3n) is 2.30. The van der Waals surface area contributed by atoms with Gasteiger partial charge in [0.25, 0.3) is 0 Å². The molecule has 84 valence electrons. The molecule has 0 radical (unpaired) electrons. The van der Waals surface area contributed by atoms with E-state index in [-0.39, 0.29) is 10.6 Å². The molecule has 0 saturated carbocycles. The molecule has 1 unspecified atom stereocenters. The van der Waals surface area contributed by atoms with Crippen LogP contribution in [0, 0.1) is 0 Å². The maximum atomic E-state index is 11.2. The van der Waals surface area contributed by atoms with Crippen molar-refractivity contribution in [3.8, 4) is 5.75 Å². The van der Waals surface area contributed by atoms with Crippen molar-refractivity contribution < 1.29 is 18.1 Å². The predicted molar refractivity (Wildman–Crippen MR) is 63.6 cm³/mol. The van der Waals surface area contributed by atoms with Gasteiger partial charge in [-0.2, -0.15) is 0 Å². The SMILES string of the molecule is O=S(=O)(O)c1cc(O)c([AsH2])c2ccccc12. The zero-order valence-corrected chi connectivity index (χ0v) is 11.3. The predicted octanol–water partition coefficient (Wildman–Crippen LogP) is 0.0505. The molecular formula is C10H9AsO4S. The van der Waals surface area contributed by atoms with Gasteiger partial charge >= 0.3 is 101 Å². The maximum absolute atomic E-state index is 11.2. The number of fused-ring (bicyclic) bond motifs is 1. The van der Waals surface area contributed by atoms with Crippen molar-refractivity contribution >= 4 is 42.1 Å². The van der Waals surface area contributed by atoms with Gasteiger partial charge in [0, 0.05) is 0 Å². The van der Waals surface area contributed by atoms with E-state index in [0.29, 0.717) is 15.1 Å². The average molecular weight is 300 g/mol. The molecule has 0 aliphatic carbocycles. The molecule has 2 rings (SSSR count). The number of aromatic hydroxyl groups is 1. The molecule has 0 aromatic heterocycles. The number of phenolic OH excluding ortho intramolecular Hbond substituents is 1. The number of hydrogen-bond donors (Lipinski definition) is 2. The molecular weight excluding hydrogens is 291 g/mol. The molecule has 0 saturated heterocycles. The van der Waals surface area contributed by atoms with Crippen LogP contribution in [-0.4, -0.2) is 34.9 Å². The molecule has 1 atom stereocenters. The fourth-order valence-corrected chi connectivity index (χ4v) is 2.98. The second-order valence-electron chi connectivity index (χ2n) is 3.33. The van der Waals surface area contributed by atoms with E-state index >= 15 is 0 Å². The molecule has 0 fully saturated rings.